The molecule has 1 atom stereocenters. The van der Waals surface area contributed by atoms with Gasteiger partial charge in [-0.3, -0.25) is 4.79 Å². The van der Waals surface area contributed by atoms with Crippen LogP contribution in [0.1, 0.15) is 41.8 Å². The molecule has 0 saturated heterocycles. The number of nitrogens with one attached hydrogen (secondary N) is 1. The van der Waals surface area contributed by atoms with Crippen molar-refractivity contribution in [3.05, 3.63) is 57.8 Å². The van der Waals surface area contributed by atoms with Gasteiger partial charge in [-0.25, -0.2) is 0 Å². The first-order valence-electron chi connectivity index (χ1n) is 8.42. The van der Waals surface area contributed by atoms with Crippen LogP contribution in [0.5, 0.6) is 0 Å². The summed E-state index contributed by atoms with van der Waals surface area (Å²) in [6.07, 6.45) is 3.23. The number of amides is 1. The minimum atomic E-state index is 0.0617. The lowest BCUT2D eigenvalue weighted by molar-refractivity contribution is -0.132. The highest BCUT2D eigenvalue weighted by Crippen LogP contribution is 2.37. The molecule has 0 aliphatic carbocycles. The van der Waals surface area contributed by atoms with Crippen molar-refractivity contribution < 1.29 is 4.79 Å². The van der Waals surface area contributed by atoms with Crippen LogP contribution in [0, 0.1) is 0 Å². The van der Waals surface area contributed by atoms with Gasteiger partial charge in [0.1, 0.15) is 0 Å². The number of unbranched alkanes of at least 4 members (excludes halogenated alkanes) is 1. The molecule has 0 spiro atoms. The molecule has 0 fully saturated rings. The summed E-state index contributed by atoms with van der Waals surface area (Å²) < 4.78 is 0. The van der Waals surface area contributed by atoms with E-state index in [1.807, 2.05) is 22.3 Å². The Hall–Kier alpha value is -1.65. The summed E-state index contributed by atoms with van der Waals surface area (Å²) in [6, 6.07) is 12.6. The van der Waals surface area contributed by atoms with Gasteiger partial charge in [0.25, 0.3) is 0 Å². The first-order valence-corrected chi connectivity index (χ1v) is 9.30. The van der Waals surface area contributed by atoms with E-state index in [4.69, 9.17) is 0 Å². The van der Waals surface area contributed by atoms with E-state index >= 15 is 0 Å². The molecule has 1 aromatic carbocycles. The van der Waals surface area contributed by atoms with Gasteiger partial charge in [-0.1, -0.05) is 43.7 Å². The average Bonchev–Trinajstić information content (AvgIpc) is 3.07. The van der Waals surface area contributed by atoms with E-state index in [2.05, 4.69) is 48.0 Å². The number of rotatable bonds is 6. The molecule has 2 aromatic rings. The Bertz CT molecular complexity index is 638. The molecule has 1 N–H and O–H groups in total. The number of benzene rings is 1. The molecule has 2 heterocycles. The molecule has 23 heavy (non-hydrogen) atoms. The zero-order valence-corrected chi connectivity index (χ0v) is 14.4. The van der Waals surface area contributed by atoms with E-state index in [1.165, 1.54) is 16.0 Å². The Kier molecular flexibility index (Phi) is 5.47. The third-order valence-electron chi connectivity index (χ3n) is 4.38. The van der Waals surface area contributed by atoms with E-state index in [0.29, 0.717) is 6.54 Å². The van der Waals surface area contributed by atoms with Crippen molar-refractivity contribution in [1.29, 1.82) is 0 Å². The van der Waals surface area contributed by atoms with Crippen LogP contribution in [0.3, 0.4) is 0 Å². The van der Waals surface area contributed by atoms with E-state index in [-0.39, 0.29) is 11.9 Å². The van der Waals surface area contributed by atoms with Gasteiger partial charge in [-0.15, -0.1) is 11.3 Å². The molecule has 3 rings (SSSR count). The van der Waals surface area contributed by atoms with Crippen molar-refractivity contribution in [2.75, 3.05) is 19.6 Å². The number of hydrogen-bond donors (Lipinski definition) is 1. The van der Waals surface area contributed by atoms with Crippen LogP contribution >= 0.6 is 11.3 Å². The van der Waals surface area contributed by atoms with E-state index in [1.54, 1.807) is 0 Å². The van der Waals surface area contributed by atoms with Gasteiger partial charge in [0.2, 0.25) is 5.91 Å². The van der Waals surface area contributed by atoms with Crippen LogP contribution in [-0.2, 0) is 11.2 Å². The lowest BCUT2D eigenvalue weighted by atomic mass is 9.93. The smallest absolute Gasteiger partial charge is 0.237 e. The molecule has 1 aliphatic rings. The average molecular weight is 328 g/mol. The molecule has 4 heteroatoms. The molecule has 0 bridgehead atoms. The molecule has 1 amide bonds. The van der Waals surface area contributed by atoms with Crippen LogP contribution in [0.15, 0.2) is 41.8 Å². The second-order valence-corrected chi connectivity index (χ2v) is 6.98. The number of carbonyl (C=O) groups excluding carboxylic acids is 1. The first kappa shape index (κ1) is 16.2. The number of carbonyl (C=O) groups is 1. The summed E-state index contributed by atoms with van der Waals surface area (Å²) in [6.45, 7) is 4.32. The molecular weight excluding hydrogens is 304 g/mol. The zero-order chi connectivity index (χ0) is 16.1. The quantitative estimate of drug-likeness (QED) is 0.822. The Balaban J connectivity index is 1.80. The molecule has 3 nitrogen and oxygen atoms in total. The van der Waals surface area contributed by atoms with Gasteiger partial charge in [0, 0.05) is 11.4 Å². The van der Waals surface area contributed by atoms with Gasteiger partial charge < -0.3 is 10.2 Å². The number of nitrogens with zero attached hydrogens (tertiary/aromatic N) is 1. The van der Waals surface area contributed by atoms with Crippen LogP contribution < -0.4 is 5.32 Å². The zero-order valence-electron chi connectivity index (χ0n) is 13.6. The molecule has 122 valence electrons. The maximum Gasteiger partial charge on any atom is 0.237 e. The van der Waals surface area contributed by atoms with E-state index in [0.717, 1.165) is 32.4 Å². The predicted octanol–water partition coefficient (Wildman–Crippen LogP) is 3.61. The second kappa shape index (κ2) is 7.75. The molecule has 0 unspecified atom stereocenters. The molecule has 1 aliphatic heterocycles. The first-order chi connectivity index (χ1) is 11.3. The van der Waals surface area contributed by atoms with Gasteiger partial charge in [0.05, 0.1) is 12.6 Å². The van der Waals surface area contributed by atoms with Crippen molar-refractivity contribution in [2.45, 2.75) is 32.2 Å². The summed E-state index contributed by atoms with van der Waals surface area (Å²) >= 11 is 1.81. The molecule has 0 radical (unpaired) electrons. The summed E-state index contributed by atoms with van der Waals surface area (Å²) in [5, 5.41) is 5.43. The molecular formula is C19H24N2OS. The largest absolute Gasteiger partial charge is 0.330 e. The highest BCUT2D eigenvalue weighted by atomic mass is 32.1. The van der Waals surface area contributed by atoms with E-state index < -0.39 is 0 Å². The fourth-order valence-electron chi connectivity index (χ4n) is 3.18. The van der Waals surface area contributed by atoms with Crippen molar-refractivity contribution in [1.82, 2.24) is 10.2 Å². The standard InChI is InChI=1S/C19H24N2OS/c1-2-3-11-20-14-18(22)21-12-9-17-16(10-13-23-17)19(21)15-7-5-4-6-8-15/h4-8,10,13,19-20H,2-3,9,11-12,14H2,1H3/t19-/m1/s1. The van der Waals surface area contributed by atoms with Crippen molar-refractivity contribution in [3.8, 4) is 0 Å². The molecule has 0 saturated carbocycles. The Labute approximate surface area is 142 Å². The van der Waals surface area contributed by atoms with Gasteiger partial charge in [-0.05, 0) is 42.0 Å². The van der Waals surface area contributed by atoms with Crippen molar-refractivity contribution in [2.24, 2.45) is 0 Å². The highest BCUT2D eigenvalue weighted by molar-refractivity contribution is 7.10. The maximum atomic E-state index is 12.7. The maximum absolute atomic E-state index is 12.7. The van der Waals surface area contributed by atoms with E-state index in [9.17, 15) is 4.79 Å². The van der Waals surface area contributed by atoms with Gasteiger partial charge in [-0.2, -0.15) is 0 Å². The summed E-state index contributed by atoms with van der Waals surface area (Å²) in [5.41, 5.74) is 2.50. The Morgan fingerprint density at radius 1 is 1.30 bits per heavy atom. The van der Waals surface area contributed by atoms with Crippen LogP contribution in [0.2, 0.25) is 0 Å². The second-order valence-electron chi connectivity index (χ2n) is 5.98. The Morgan fingerprint density at radius 2 is 2.13 bits per heavy atom. The minimum Gasteiger partial charge on any atom is -0.330 e. The number of hydrogen-bond acceptors (Lipinski definition) is 3. The van der Waals surface area contributed by atoms with Gasteiger partial charge in [0.15, 0.2) is 0 Å². The summed E-state index contributed by atoms with van der Waals surface area (Å²) in [4.78, 5) is 16.2. The SMILES string of the molecule is CCCCNCC(=O)N1CCc2sccc2[C@H]1c1ccccc1. The normalized spacial score (nSPS) is 17.1. The van der Waals surface area contributed by atoms with Gasteiger partial charge >= 0.3 is 0 Å². The highest BCUT2D eigenvalue weighted by Gasteiger charge is 2.32. The number of thiophene rings is 1. The fraction of sp³-hybridized carbons (Fsp3) is 0.421. The predicted molar refractivity (Wildman–Crippen MR) is 95.8 cm³/mol. The minimum absolute atomic E-state index is 0.0617. The third kappa shape index (κ3) is 3.65. The van der Waals surface area contributed by atoms with Crippen LogP contribution in [0.4, 0.5) is 0 Å². The lowest BCUT2D eigenvalue weighted by Gasteiger charge is -2.36. The summed E-state index contributed by atoms with van der Waals surface area (Å²) in [7, 11) is 0. The van der Waals surface area contributed by atoms with Crippen LogP contribution in [-0.4, -0.2) is 30.4 Å². The third-order valence-corrected chi connectivity index (χ3v) is 5.38. The lowest BCUT2D eigenvalue weighted by Crippen LogP contribution is -2.44. The Morgan fingerprint density at radius 3 is 2.91 bits per heavy atom. The summed E-state index contributed by atoms with van der Waals surface area (Å²) in [5.74, 6) is 0.201. The fourth-order valence-corrected chi connectivity index (χ4v) is 4.08. The topological polar surface area (TPSA) is 32.3 Å². The van der Waals surface area contributed by atoms with Crippen molar-refractivity contribution in [3.63, 3.8) is 0 Å². The van der Waals surface area contributed by atoms with Crippen molar-refractivity contribution >= 4 is 17.2 Å². The monoisotopic (exact) mass is 328 g/mol. The number of fused-ring (bicyclic) bond motifs is 1. The van der Waals surface area contributed by atoms with Crippen LogP contribution in [0.25, 0.3) is 0 Å². The molecule has 1 aromatic heterocycles.